The van der Waals surface area contributed by atoms with Gasteiger partial charge in [-0.15, -0.1) is 0 Å². The molecule has 0 fully saturated rings. The van der Waals surface area contributed by atoms with Crippen molar-refractivity contribution in [3.05, 3.63) is 24.3 Å². The van der Waals surface area contributed by atoms with Crippen LogP contribution in [0.5, 0.6) is 5.75 Å². The quantitative estimate of drug-likeness (QED) is 0.680. The number of methoxy groups -OCH3 is 1. The molecule has 1 aromatic rings. The predicted octanol–water partition coefficient (Wildman–Crippen LogP) is 2.17. The van der Waals surface area contributed by atoms with Crippen LogP contribution in [0.1, 0.15) is 26.2 Å². The van der Waals surface area contributed by atoms with Gasteiger partial charge < -0.3 is 20.5 Å². The van der Waals surface area contributed by atoms with Crippen molar-refractivity contribution < 1.29 is 14.3 Å². The molecule has 1 atom stereocenters. The van der Waals surface area contributed by atoms with E-state index < -0.39 is 6.04 Å². The maximum Gasteiger partial charge on any atom is 0.241 e. The summed E-state index contributed by atoms with van der Waals surface area (Å²) in [5, 5.41) is 2.80. The average molecular weight is 280 g/mol. The van der Waals surface area contributed by atoms with Gasteiger partial charge in [-0.25, -0.2) is 0 Å². The zero-order valence-corrected chi connectivity index (χ0v) is 12.2. The number of hydrogen-bond acceptors (Lipinski definition) is 4. The van der Waals surface area contributed by atoms with E-state index in [1.807, 2.05) is 12.1 Å². The Morgan fingerprint density at radius 3 is 2.60 bits per heavy atom. The van der Waals surface area contributed by atoms with E-state index in [2.05, 4.69) is 12.2 Å². The van der Waals surface area contributed by atoms with Gasteiger partial charge in [0.1, 0.15) is 12.4 Å². The van der Waals surface area contributed by atoms with E-state index in [1.54, 1.807) is 19.2 Å². The summed E-state index contributed by atoms with van der Waals surface area (Å²) in [7, 11) is 1.63. The molecule has 0 heterocycles. The van der Waals surface area contributed by atoms with E-state index in [1.165, 1.54) is 0 Å². The summed E-state index contributed by atoms with van der Waals surface area (Å²) in [5.74, 6) is 0.599. The Kier molecular flexibility index (Phi) is 7.69. The Bertz CT molecular complexity index is 393. The molecular formula is C15H24N2O3. The number of hydrogen-bond donors (Lipinski definition) is 2. The third kappa shape index (κ3) is 6.04. The fourth-order valence-electron chi connectivity index (χ4n) is 1.67. The van der Waals surface area contributed by atoms with Gasteiger partial charge in [0.05, 0.1) is 12.6 Å². The predicted molar refractivity (Wildman–Crippen MR) is 79.9 cm³/mol. The van der Waals surface area contributed by atoms with Crippen LogP contribution in [-0.4, -0.2) is 32.3 Å². The Morgan fingerprint density at radius 1 is 1.30 bits per heavy atom. The van der Waals surface area contributed by atoms with Crippen molar-refractivity contribution in [3.8, 4) is 5.75 Å². The summed E-state index contributed by atoms with van der Waals surface area (Å²) in [6, 6.07) is 6.76. The summed E-state index contributed by atoms with van der Waals surface area (Å²) in [6.07, 6.45) is 2.70. The summed E-state index contributed by atoms with van der Waals surface area (Å²) < 4.78 is 10.3. The van der Waals surface area contributed by atoms with Gasteiger partial charge >= 0.3 is 0 Å². The third-order valence-corrected chi connectivity index (χ3v) is 2.88. The first-order valence-electron chi connectivity index (χ1n) is 6.95. The van der Waals surface area contributed by atoms with Gasteiger partial charge in [-0.3, -0.25) is 4.79 Å². The van der Waals surface area contributed by atoms with Gasteiger partial charge in [0, 0.05) is 12.8 Å². The molecule has 1 rings (SSSR count). The number of anilines is 1. The molecule has 112 valence electrons. The molecule has 0 aliphatic rings. The summed E-state index contributed by atoms with van der Waals surface area (Å²) in [5.41, 5.74) is 6.53. The van der Waals surface area contributed by atoms with Crippen LogP contribution >= 0.6 is 0 Å². The molecule has 0 saturated carbocycles. The molecule has 0 aliphatic carbocycles. The normalized spacial score (nSPS) is 11.9. The van der Waals surface area contributed by atoms with E-state index >= 15 is 0 Å². The monoisotopic (exact) mass is 280 g/mol. The van der Waals surface area contributed by atoms with Crippen LogP contribution in [0.25, 0.3) is 0 Å². The molecule has 0 unspecified atom stereocenters. The molecule has 5 nitrogen and oxygen atoms in total. The average Bonchev–Trinajstić information content (AvgIpc) is 2.46. The highest BCUT2D eigenvalue weighted by atomic mass is 16.5. The van der Waals surface area contributed by atoms with Crippen molar-refractivity contribution in [1.82, 2.24) is 0 Å². The van der Waals surface area contributed by atoms with Crippen LogP contribution in [0.15, 0.2) is 24.3 Å². The minimum Gasteiger partial charge on any atom is -0.491 e. The van der Waals surface area contributed by atoms with Crippen LogP contribution in [0.4, 0.5) is 5.69 Å². The zero-order valence-electron chi connectivity index (χ0n) is 12.2. The largest absolute Gasteiger partial charge is 0.491 e. The molecule has 0 saturated heterocycles. The molecule has 5 heteroatoms. The number of nitrogens with two attached hydrogens (primary N) is 1. The third-order valence-electron chi connectivity index (χ3n) is 2.88. The van der Waals surface area contributed by atoms with Crippen molar-refractivity contribution >= 4 is 11.6 Å². The fourth-order valence-corrected chi connectivity index (χ4v) is 1.67. The standard InChI is InChI=1S/C15H24N2O3/c1-3-4-5-14(16)15(18)17-12-6-8-13(9-7-12)20-11-10-19-2/h6-9,14H,3-5,10-11,16H2,1-2H3,(H,17,18)/t14-/m0/s1. The second-order valence-electron chi connectivity index (χ2n) is 4.60. The Balaban J connectivity index is 2.42. The number of amides is 1. The van der Waals surface area contributed by atoms with Crippen LogP contribution in [0.2, 0.25) is 0 Å². The first-order valence-corrected chi connectivity index (χ1v) is 6.95. The topological polar surface area (TPSA) is 73.6 Å². The van der Waals surface area contributed by atoms with Crippen LogP contribution < -0.4 is 15.8 Å². The van der Waals surface area contributed by atoms with E-state index in [0.29, 0.717) is 19.6 Å². The molecule has 3 N–H and O–H groups in total. The highest BCUT2D eigenvalue weighted by Gasteiger charge is 2.12. The van der Waals surface area contributed by atoms with Gasteiger partial charge in [-0.1, -0.05) is 19.8 Å². The number of unbranched alkanes of at least 4 members (excludes halogenated alkanes) is 1. The van der Waals surface area contributed by atoms with Crippen molar-refractivity contribution in [3.63, 3.8) is 0 Å². The number of nitrogens with one attached hydrogen (secondary N) is 1. The summed E-state index contributed by atoms with van der Waals surface area (Å²) >= 11 is 0. The maximum atomic E-state index is 11.8. The van der Waals surface area contributed by atoms with Gasteiger partial charge in [0.15, 0.2) is 0 Å². The molecule has 0 radical (unpaired) electrons. The van der Waals surface area contributed by atoms with Gasteiger partial charge in [0.2, 0.25) is 5.91 Å². The minimum atomic E-state index is -0.451. The van der Waals surface area contributed by atoms with Crippen LogP contribution in [-0.2, 0) is 9.53 Å². The zero-order chi connectivity index (χ0) is 14.8. The molecule has 0 spiro atoms. The molecule has 0 bridgehead atoms. The first kappa shape index (κ1) is 16.5. The number of carbonyl (C=O) groups excluding carboxylic acids is 1. The highest BCUT2D eigenvalue weighted by Crippen LogP contribution is 2.16. The van der Waals surface area contributed by atoms with Crippen molar-refractivity contribution in [2.45, 2.75) is 32.2 Å². The molecular weight excluding hydrogens is 256 g/mol. The first-order chi connectivity index (χ1) is 9.67. The van der Waals surface area contributed by atoms with Crippen LogP contribution in [0.3, 0.4) is 0 Å². The van der Waals surface area contributed by atoms with E-state index in [4.69, 9.17) is 15.2 Å². The molecule has 0 aliphatic heterocycles. The number of carbonyl (C=O) groups is 1. The number of rotatable bonds is 9. The van der Waals surface area contributed by atoms with E-state index in [0.717, 1.165) is 24.3 Å². The SMILES string of the molecule is CCCC[C@H](N)C(=O)Nc1ccc(OCCOC)cc1. The molecule has 20 heavy (non-hydrogen) atoms. The van der Waals surface area contributed by atoms with Gasteiger partial charge in [-0.2, -0.15) is 0 Å². The van der Waals surface area contributed by atoms with Crippen molar-refractivity contribution in [1.29, 1.82) is 0 Å². The lowest BCUT2D eigenvalue weighted by molar-refractivity contribution is -0.117. The molecule has 1 aromatic carbocycles. The fraction of sp³-hybridized carbons (Fsp3) is 0.533. The summed E-state index contributed by atoms with van der Waals surface area (Å²) in [4.78, 5) is 11.8. The molecule has 1 amide bonds. The maximum absolute atomic E-state index is 11.8. The number of benzene rings is 1. The smallest absolute Gasteiger partial charge is 0.241 e. The summed E-state index contributed by atoms with van der Waals surface area (Å²) in [6.45, 7) is 3.13. The Labute approximate surface area is 120 Å². The van der Waals surface area contributed by atoms with Gasteiger partial charge in [-0.05, 0) is 30.7 Å². The second-order valence-corrected chi connectivity index (χ2v) is 4.60. The Hall–Kier alpha value is -1.59. The molecule has 0 aromatic heterocycles. The van der Waals surface area contributed by atoms with E-state index in [9.17, 15) is 4.79 Å². The van der Waals surface area contributed by atoms with E-state index in [-0.39, 0.29) is 5.91 Å². The lowest BCUT2D eigenvalue weighted by atomic mass is 10.1. The minimum absolute atomic E-state index is 0.147. The Morgan fingerprint density at radius 2 is 2.00 bits per heavy atom. The van der Waals surface area contributed by atoms with Gasteiger partial charge in [0.25, 0.3) is 0 Å². The van der Waals surface area contributed by atoms with Crippen molar-refractivity contribution in [2.24, 2.45) is 5.73 Å². The highest BCUT2D eigenvalue weighted by molar-refractivity contribution is 5.94. The van der Waals surface area contributed by atoms with Crippen LogP contribution in [0, 0.1) is 0 Å². The lowest BCUT2D eigenvalue weighted by Crippen LogP contribution is -2.35. The number of ether oxygens (including phenoxy) is 2. The lowest BCUT2D eigenvalue weighted by Gasteiger charge is -2.12. The second kappa shape index (κ2) is 9.34. The van der Waals surface area contributed by atoms with Crippen molar-refractivity contribution in [2.75, 3.05) is 25.6 Å².